The van der Waals surface area contributed by atoms with E-state index in [0.29, 0.717) is 31.6 Å². The first-order chi connectivity index (χ1) is 15.2. The largest absolute Gasteiger partial charge is 0.378 e. The summed E-state index contributed by atoms with van der Waals surface area (Å²) in [6.45, 7) is 3.40. The fraction of sp³-hybridized carbons (Fsp3) is 0.478. The van der Waals surface area contributed by atoms with Crippen molar-refractivity contribution in [1.82, 2.24) is 9.47 Å². The number of rotatable bonds is 6. The number of aromatic nitrogens is 1. The number of hydrogen-bond acceptors (Lipinski definition) is 5. The molecule has 1 aromatic carbocycles. The molecule has 2 aliphatic heterocycles. The lowest BCUT2D eigenvalue weighted by Crippen LogP contribution is -2.49. The summed E-state index contributed by atoms with van der Waals surface area (Å²) < 4.78 is 28.4. The molecular weight excluding hydrogens is 428 g/mol. The molecule has 1 N–H and O–H groups in total. The minimum atomic E-state index is -3.53. The number of amides is 1. The molecule has 2 aromatic rings. The van der Waals surface area contributed by atoms with Gasteiger partial charge < -0.3 is 14.4 Å². The van der Waals surface area contributed by atoms with Crippen LogP contribution < -0.4 is 15.2 Å². The molecule has 0 saturated carbocycles. The summed E-state index contributed by atoms with van der Waals surface area (Å²) in [6.07, 6.45) is 1.40. The van der Waals surface area contributed by atoms with Crippen molar-refractivity contribution in [2.24, 2.45) is 5.92 Å². The Balaban J connectivity index is 1.55. The van der Waals surface area contributed by atoms with Gasteiger partial charge in [-0.2, -0.15) is 0 Å². The third kappa shape index (κ3) is 4.39. The number of nitrogens with one attached hydrogen (secondary N) is 1. The smallest absolute Gasteiger partial charge is 0.275 e. The number of sulfonamides is 1. The Morgan fingerprint density at radius 1 is 1.09 bits per heavy atom. The monoisotopic (exact) mass is 458 g/mol. The van der Waals surface area contributed by atoms with Crippen LogP contribution in [0.2, 0.25) is 0 Å². The number of carbonyl (C=O) groups is 1. The molecule has 0 unspecified atom stereocenters. The molecule has 0 radical (unpaired) electrons. The third-order valence-corrected chi connectivity index (χ3v) is 7.74. The molecule has 32 heavy (non-hydrogen) atoms. The van der Waals surface area contributed by atoms with E-state index in [1.165, 1.54) is 0 Å². The highest BCUT2D eigenvalue weighted by Gasteiger charge is 2.37. The van der Waals surface area contributed by atoms with Gasteiger partial charge >= 0.3 is 0 Å². The van der Waals surface area contributed by atoms with Crippen LogP contribution in [0.25, 0.3) is 0 Å². The van der Waals surface area contributed by atoms with Crippen LogP contribution in [-0.2, 0) is 16.6 Å². The van der Waals surface area contributed by atoms with E-state index < -0.39 is 10.0 Å². The van der Waals surface area contributed by atoms with Gasteiger partial charge in [-0.1, -0.05) is 6.92 Å². The summed E-state index contributed by atoms with van der Waals surface area (Å²) in [5, 5.41) is 0. The fourth-order valence-corrected chi connectivity index (χ4v) is 5.89. The van der Waals surface area contributed by atoms with Gasteiger partial charge in [-0.15, -0.1) is 0 Å². The topological polar surface area (TPSA) is 91.7 Å². The second-order valence-corrected chi connectivity index (χ2v) is 10.8. The van der Waals surface area contributed by atoms with Gasteiger partial charge in [0.15, 0.2) is 0 Å². The minimum absolute atomic E-state index is 0.00440. The van der Waals surface area contributed by atoms with Gasteiger partial charge in [-0.3, -0.25) is 14.3 Å². The van der Waals surface area contributed by atoms with Crippen LogP contribution in [0, 0.1) is 5.92 Å². The Hall–Kier alpha value is -2.81. The van der Waals surface area contributed by atoms with Gasteiger partial charge in [0.2, 0.25) is 10.0 Å². The van der Waals surface area contributed by atoms with Gasteiger partial charge in [0.1, 0.15) is 5.69 Å². The Kier molecular flexibility index (Phi) is 6.03. The number of anilines is 2. The van der Waals surface area contributed by atoms with Gasteiger partial charge in [0, 0.05) is 56.6 Å². The van der Waals surface area contributed by atoms with Gasteiger partial charge in [0.25, 0.3) is 11.5 Å². The highest BCUT2D eigenvalue weighted by molar-refractivity contribution is 7.92. The van der Waals surface area contributed by atoms with Crippen molar-refractivity contribution in [2.75, 3.05) is 42.6 Å². The summed E-state index contributed by atoms with van der Waals surface area (Å²) in [7, 11) is 0.390. The average Bonchev–Trinajstić information content (AvgIpc) is 2.75. The summed E-state index contributed by atoms with van der Waals surface area (Å²) in [5.74, 6) is 0.198. The van der Waals surface area contributed by atoms with Gasteiger partial charge in [-0.05, 0) is 55.2 Å². The highest BCUT2D eigenvalue weighted by atomic mass is 32.2. The van der Waals surface area contributed by atoms with Crippen LogP contribution in [0.3, 0.4) is 0 Å². The maximum absolute atomic E-state index is 13.1. The molecule has 1 aromatic heterocycles. The Bertz CT molecular complexity index is 1170. The number of benzene rings is 1. The Morgan fingerprint density at radius 2 is 1.81 bits per heavy atom. The van der Waals surface area contributed by atoms with Crippen molar-refractivity contribution in [3.63, 3.8) is 0 Å². The number of carbonyl (C=O) groups excluding carboxylic acids is 1. The molecule has 0 aliphatic carbocycles. The van der Waals surface area contributed by atoms with Crippen molar-refractivity contribution in [1.29, 1.82) is 0 Å². The van der Waals surface area contributed by atoms with E-state index >= 15 is 0 Å². The predicted molar refractivity (Wildman–Crippen MR) is 126 cm³/mol. The normalized spacial score (nSPS) is 19.9. The third-order valence-electron chi connectivity index (χ3n) is 6.26. The Morgan fingerprint density at radius 3 is 2.47 bits per heavy atom. The lowest BCUT2D eigenvalue weighted by Gasteiger charge is -2.43. The number of piperidine rings is 1. The first-order valence-electron chi connectivity index (χ1n) is 11.0. The summed E-state index contributed by atoms with van der Waals surface area (Å²) >= 11 is 0. The zero-order valence-corrected chi connectivity index (χ0v) is 19.6. The Labute approximate surface area is 188 Å². The van der Waals surface area contributed by atoms with Crippen molar-refractivity contribution in [2.45, 2.75) is 32.2 Å². The maximum Gasteiger partial charge on any atom is 0.275 e. The van der Waals surface area contributed by atoms with E-state index in [-0.39, 0.29) is 34.7 Å². The minimum Gasteiger partial charge on any atom is -0.378 e. The highest BCUT2D eigenvalue weighted by Crippen LogP contribution is 2.36. The lowest BCUT2D eigenvalue weighted by atomic mass is 9.83. The SMILES string of the molecule is CCCS(=O)(=O)Nc1ccc2n(c1=O)C[C@H]1C[C@@H]2CN(C(=O)c2ccc(N(C)C)cc2)C1. The van der Waals surface area contributed by atoms with E-state index in [4.69, 9.17) is 0 Å². The molecule has 1 amide bonds. The molecule has 9 heteroatoms. The molecule has 1 fully saturated rings. The molecule has 8 nitrogen and oxygen atoms in total. The van der Waals surface area contributed by atoms with E-state index in [9.17, 15) is 18.0 Å². The summed E-state index contributed by atoms with van der Waals surface area (Å²) in [4.78, 5) is 30.0. The zero-order chi connectivity index (χ0) is 23.0. The van der Waals surface area contributed by atoms with Crippen molar-refractivity contribution < 1.29 is 13.2 Å². The lowest BCUT2D eigenvalue weighted by molar-refractivity contribution is 0.0594. The quantitative estimate of drug-likeness (QED) is 0.717. The second kappa shape index (κ2) is 8.61. The average molecular weight is 459 g/mol. The maximum atomic E-state index is 13.1. The fourth-order valence-electron chi connectivity index (χ4n) is 4.76. The van der Waals surface area contributed by atoms with Crippen LogP contribution in [0.5, 0.6) is 0 Å². The van der Waals surface area contributed by atoms with E-state index in [0.717, 1.165) is 17.8 Å². The first-order valence-corrected chi connectivity index (χ1v) is 12.6. The number of fused-ring (bicyclic) bond motifs is 4. The van der Waals surface area contributed by atoms with Crippen LogP contribution in [0.1, 0.15) is 41.7 Å². The zero-order valence-electron chi connectivity index (χ0n) is 18.7. The number of likely N-dealkylation sites (tertiary alicyclic amines) is 1. The standard InChI is InChI=1S/C23H30N4O4S/c1-4-11-32(30,31)24-20-9-10-21-18-12-16(14-27(21)23(20)29)13-26(15-18)22(28)17-5-7-19(8-6-17)25(2)3/h5-10,16,18,24H,4,11-15H2,1-3H3/t16-,18+/m0/s1. The molecule has 2 bridgehead atoms. The molecule has 3 heterocycles. The second-order valence-electron chi connectivity index (χ2n) is 8.96. The van der Waals surface area contributed by atoms with Crippen molar-refractivity contribution in [3.8, 4) is 0 Å². The molecule has 2 aliphatic rings. The number of nitrogens with zero attached hydrogens (tertiary/aromatic N) is 3. The molecular formula is C23H30N4O4S. The summed E-state index contributed by atoms with van der Waals surface area (Å²) in [5.41, 5.74) is 2.35. The first kappa shape index (κ1) is 22.4. The molecule has 4 rings (SSSR count). The van der Waals surface area contributed by atoms with Crippen LogP contribution >= 0.6 is 0 Å². The van der Waals surface area contributed by atoms with Gasteiger partial charge in [0.05, 0.1) is 5.75 Å². The van der Waals surface area contributed by atoms with Gasteiger partial charge in [-0.25, -0.2) is 8.42 Å². The van der Waals surface area contributed by atoms with E-state index in [1.807, 2.05) is 54.2 Å². The number of pyridine rings is 1. The molecule has 2 atom stereocenters. The van der Waals surface area contributed by atoms with Crippen LogP contribution in [0.4, 0.5) is 11.4 Å². The molecule has 1 saturated heterocycles. The molecule has 172 valence electrons. The van der Waals surface area contributed by atoms with E-state index in [1.54, 1.807) is 17.6 Å². The van der Waals surface area contributed by atoms with Crippen LogP contribution in [0.15, 0.2) is 41.2 Å². The van der Waals surface area contributed by atoms with E-state index in [2.05, 4.69) is 4.72 Å². The number of hydrogen-bond donors (Lipinski definition) is 1. The predicted octanol–water partition coefficient (Wildman–Crippen LogP) is 2.33. The van der Waals surface area contributed by atoms with Crippen molar-refractivity contribution >= 4 is 27.3 Å². The van der Waals surface area contributed by atoms with Crippen molar-refractivity contribution in [3.05, 3.63) is 58.0 Å². The molecule has 0 spiro atoms. The van der Waals surface area contributed by atoms with Crippen LogP contribution in [-0.4, -0.2) is 56.7 Å². The summed E-state index contributed by atoms with van der Waals surface area (Å²) in [6, 6.07) is 11.0.